The summed E-state index contributed by atoms with van der Waals surface area (Å²) in [5, 5.41) is 0.944. The van der Waals surface area contributed by atoms with Gasteiger partial charge in [0.05, 0.1) is 18.2 Å². The molecule has 6 heteroatoms. The summed E-state index contributed by atoms with van der Waals surface area (Å²) in [4.78, 5) is 17.7. The van der Waals surface area contributed by atoms with Gasteiger partial charge in [-0.3, -0.25) is 4.79 Å². The Morgan fingerprint density at radius 2 is 1.68 bits per heavy atom. The average Bonchev–Trinajstić information content (AvgIpc) is 2.99. The Morgan fingerprint density at radius 3 is 2.32 bits per heavy atom. The highest BCUT2D eigenvalue weighted by atomic mass is 35.5. The maximum absolute atomic E-state index is 13.4. The van der Waals surface area contributed by atoms with E-state index in [1.54, 1.807) is 7.11 Å². The summed E-state index contributed by atoms with van der Waals surface area (Å²) in [5.41, 5.74) is 3.82. The molecule has 5 nitrogen and oxygen atoms in total. The number of nitrogens with zero attached hydrogens (tertiary/aromatic N) is 3. The van der Waals surface area contributed by atoms with E-state index in [9.17, 15) is 4.79 Å². The van der Waals surface area contributed by atoms with Crippen molar-refractivity contribution in [2.24, 2.45) is 0 Å². The molecule has 0 N–H and O–H groups in total. The fourth-order valence-electron chi connectivity index (χ4n) is 3.87. The van der Waals surface area contributed by atoms with Gasteiger partial charge in [0.25, 0.3) is 5.91 Å². The molecule has 0 aliphatic carbocycles. The molecule has 0 unspecified atom stereocenters. The van der Waals surface area contributed by atoms with E-state index in [1.165, 1.54) is 0 Å². The molecule has 1 saturated heterocycles. The van der Waals surface area contributed by atoms with E-state index in [4.69, 9.17) is 4.74 Å². The van der Waals surface area contributed by atoms with Crippen LogP contribution in [0.2, 0.25) is 0 Å². The third-order valence-corrected chi connectivity index (χ3v) is 5.43. The molecule has 1 aliphatic rings. The van der Waals surface area contributed by atoms with Crippen molar-refractivity contribution >= 4 is 29.2 Å². The van der Waals surface area contributed by atoms with E-state index >= 15 is 0 Å². The highest BCUT2D eigenvalue weighted by Gasteiger charge is 2.27. The van der Waals surface area contributed by atoms with Crippen molar-refractivity contribution in [2.75, 3.05) is 40.3 Å². The first kappa shape index (κ1) is 20.2. The minimum Gasteiger partial charge on any atom is -0.497 e. The molecule has 4 rings (SSSR count). The summed E-state index contributed by atoms with van der Waals surface area (Å²) < 4.78 is 7.60. The molecular weight excluding hydrogens is 374 g/mol. The number of hydrogen-bond acceptors (Lipinski definition) is 3. The van der Waals surface area contributed by atoms with Crippen molar-refractivity contribution in [1.29, 1.82) is 0 Å². The summed E-state index contributed by atoms with van der Waals surface area (Å²) >= 11 is 0. The molecule has 0 atom stereocenters. The van der Waals surface area contributed by atoms with Crippen LogP contribution < -0.4 is 4.74 Å². The zero-order valence-electron chi connectivity index (χ0n) is 16.5. The van der Waals surface area contributed by atoms with E-state index < -0.39 is 0 Å². The highest BCUT2D eigenvalue weighted by molar-refractivity contribution is 6.09. The first-order chi connectivity index (χ1) is 13.1. The monoisotopic (exact) mass is 399 g/mol. The van der Waals surface area contributed by atoms with Crippen molar-refractivity contribution < 1.29 is 9.53 Å². The molecule has 1 aliphatic heterocycles. The summed E-state index contributed by atoms with van der Waals surface area (Å²) in [6.45, 7) is 5.37. The summed E-state index contributed by atoms with van der Waals surface area (Å²) in [7, 11) is 3.75. The van der Waals surface area contributed by atoms with E-state index in [2.05, 4.69) is 28.6 Å². The number of methoxy groups -OCH3 is 1. The van der Waals surface area contributed by atoms with E-state index in [0.29, 0.717) is 0 Å². The van der Waals surface area contributed by atoms with Crippen LogP contribution in [0.5, 0.6) is 5.75 Å². The van der Waals surface area contributed by atoms with Gasteiger partial charge in [0.15, 0.2) is 0 Å². The van der Waals surface area contributed by atoms with Crippen molar-refractivity contribution in [3.8, 4) is 11.4 Å². The van der Waals surface area contributed by atoms with E-state index in [0.717, 1.165) is 59.8 Å². The predicted octanol–water partition coefficient (Wildman–Crippen LogP) is 3.76. The van der Waals surface area contributed by atoms with Crippen molar-refractivity contribution in [3.05, 3.63) is 59.8 Å². The largest absolute Gasteiger partial charge is 0.497 e. The van der Waals surface area contributed by atoms with Gasteiger partial charge in [-0.2, -0.15) is 0 Å². The van der Waals surface area contributed by atoms with Crippen LogP contribution >= 0.6 is 12.4 Å². The topological polar surface area (TPSA) is 37.7 Å². The van der Waals surface area contributed by atoms with Gasteiger partial charge in [0.1, 0.15) is 5.75 Å². The Labute approximate surface area is 171 Å². The Hall–Kier alpha value is -2.50. The Balaban J connectivity index is 0.00000225. The van der Waals surface area contributed by atoms with Gasteiger partial charge >= 0.3 is 0 Å². The van der Waals surface area contributed by atoms with Gasteiger partial charge in [0.2, 0.25) is 0 Å². The SMILES string of the molecule is COc1ccc2c(c1)c(C(=O)N1CCN(C)CC1)c(C)n2-c1ccccc1.Cl. The van der Waals surface area contributed by atoms with Gasteiger partial charge in [-0.15, -0.1) is 12.4 Å². The average molecular weight is 400 g/mol. The second-order valence-corrected chi connectivity index (χ2v) is 7.11. The van der Waals surface area contributed by atoms with E-state index in [-0.39, 0.29) is 18.3 Å². The van der Waals surface area contributed by atoms with Crippen LogP contribution in [0.4, 0.5) is 0 Å². The van der Waals surface area contributed by atoms with Crippen LogP contribution in [-0.2, 0) is 0 Å². The number of amides is 1. The number of halogens is 1. The number of ether oxygens (including phenoxy) is 1. The second-order valence-electron chi connectivity index (χ2n) is 7.11. The third kappa shape index (κ3) is 3.48. The van der Waals surface area contributed by atoms with Gasteiger partial charge in [-0.05, 0) is 44.3 Å². The minimum atomic E-state index is 0. The second kappa shape index (κ2) is 8.25. The third-order valence-electron chi connectivity index (χ3n) is 5.43. The van der Waals surface area contributed by atoms with Gasteiger partial charge in [-0.25, -0.2) is 0 Å². The van der Waals surface area contributed by atoms with Gasteiger partial charge in [0, 0.05) is 42.9 Å². The van der Waals surface area contributed by atoms with Crippen LogP contribution in [0, 0.1) is 6.92 Å². The van der Waals surface area contributed by atoms with Crippen LogP contribution in [0.25, 0.3) is 16.6 Å². The lowest BCUT2D eigenvalue weighted by Gasteiger charge is -2.32. The number of para-hydroxylation sites is 1. The fourth-order valence-corrected chi connectivity index (χ4v) is 3.87. The minimum absolute atomic E-state index is 0. The number of carbonyl (C=O) groups is 1. The number of hydrogen-bond donors (Lipinski definition) is 0. The normalized spacial score (nSPS) is 14.8. The van der Waals surface area contributed by atoms with Crippen LogP contribution in [0.15, 0.2) is 48.5 Å². The molecule has 1 fully saturated rings. The summed E-state index contributed by atoms with van der Waals surface area (Å²) in [6, 6.07) is 16.1. The molecule has 28 heavy (non-hydrogen) atoms. The Morgan fingerprint density at radius 1 is 1.00 bits per heavy atom. The lowest BCUT2D eigenvalue weighted by atomic mass is 10.1. The molecule has 1 amide bonds. The zero-order valence-corrected chi connectivity index (χ0v) is 17.3. The summed E-state index contributed by atoms with van der Waals surface area (Å²) in [6.07, 6.45) is 0. The Kier molecular flexibility index (Phi) is 5.96. The number of piperazine rings is 1. The first-order valence-corrected chi connectivity index (χ1v) is 9.32. The van der Waals surface area contributed by atoms with Crippen LogP contribution in [0.1, 0.15) is 16.1 Å². The predicted molar refractivity (Wildman–Crippen MR) is 115 cm³/mol. The molecule has 0 bridgehead atoms. The number of rotatable bonds is 3. The fraction of sp³-hybridized carbons (Fsp3) is 0.318. The first-order valence-electron chi connectivity index (χ1n) is 9.32. The van der Waals surface area contributed by atoms with Crippen LogP contribution in [-0.4, -0.2) is 60.6 Å². The quantitative estimate of drug-likeness (QED) is 0.673. The molecule has 1 aromatic heterocycles. The maximum atomic E-state index is 13.4. The molecule has 3 aromatic rings. The summed E-state index contributed by atoms with van der Waals surface area (Å²) in [5.74, 6) is 0.869. The Bertz CT molecular complexity index is 976. The molecule has 2 heterocycles. The number of carbonyl (C=O) groups excluding carboxylic acids is 1. The molecule has 2 aromatic carbocycles. The molecule has 0 saturated carbocycles. The van der Waals surface area contributed by atoms with Gasteiger partial charge in [-0.1, -0.05) is 18.2 Å². The molecule has 148 valence electrons. The molecular formula is C22H26ClN3O2. The number of likely N-dealkylation sites (N-methyl/N-ethyl adjacent to an activating group) is 1. The number of fused-ring (bicyclic) bond motifs is 1. The van der Waals surface area contributed by atoms with Crippen LogP contribution in [0.3, 0.4) is 0 Å². The zero-order chi connectivity index (χ0) is 19.0. The lowest BCUT2D eigenvalue weighted by Crippen LogP contribution is -2.47. The smallest absolute Gasteiger partial charge is 0.256 e. The van der Waals surface area contributed by atoms with Crippen molar-refractivity contribution in [2.45, 2.75) is 6.92 Å². The standard InChI is InChI=1S/C22H25N3O2.ClH/c1-16-21(22(26)24-13-11-23(2)12-14-24)19-15-18(27-3)9-10-20(19)25(16)17-7-5-4-6-8-17;/h4-10,15H,11-14H2,1-3H3;1H. The maximum Gasteiger partial charge on any atom is 0.256 e. The molecule has 0 spiro atoms. The number of benzene rings is 2. The number of aromatic nitrogens is 1. The lowest BCUT2D eigenvalue weighted by molar-refractivity contribution is 0.0665. The molecule has 0 radical (unpaired) electrons. The van der Waals surface area contributed by atoms with Crippen molar-refractivity contribution in [1.82, 2.24) is 14.4 Å². The van der Waals surface area contributed by atoms with E-state index in [1.807, 2.05) is 48.2 Å². The van der Waals surface area contributed by atoms with Crippen molar-refractivity contribution in [3.63, 3.8) is 0 Å². The highest BCUT2D eigenvalue weighted by Crippen LogP contribution is 2.33. The van der Waals surface area contributed by atoms with Gasteiger partial charge < -0.3 is 19.1 Å².